The largest absolute Gasteiger partial charge is 0.489 e. The van der Waals surface area contributed by atoms with Crippen LogP contribution in [0.5, 0.6) is 5.75 Å². The quantitative estimate of drug-likeness (QED) is 0.387. The Morgan fingerprint density at radius 2 is 1.75 bits per heavy atom. The maximum atomic E-state index is 11.9. The highest BCUT2D eigenvalue weighted by atomic mass is 16.6. The smallest absolute Gasteiger partial charge is 0.271 e. The molecule has 0 unspecified atom stereocenters. The summed E-state index contributed by atoms with van der Waals surface area (Å²) in [4.78, 5) is 25.9. The van der Waals surface area contributed by atoms with Crippen LogP contribution in [0.25, 0.3) is 0 Å². The summed E-state index contributed by atoms with van der Waals surface area (Å²) in [6.07, 6.45) is 4.60. The molecule has 140 valence electrons. The molecule has 0 spiro atoms. The number of carbonyl (C=O) groups is 1. The van der Waals surface area contributed by atoms with E-state index in [2.05, 4.69) is 15.5 Å². The fraction of sp³-hybridized carbons (Fsp3) is 0.0500. The van der Waals surface area contributed by atoms with E-state index in [1.165, 1.54) is 30.7 Å². The number of benzene rings is 2. The zero-order valence-electron chi connectivity index (χ0n) is 14.7. The molecule has 0 saturated carbocycles. The molecule has 1 N–H and O–H groups in total. The second kappa shape index (κ2) is 9.04. The molecule has 3 aromatic rings. The molecular weight excluding hydrogens is 360 g/mol. The first kappa shape index (κ1) is 18.7. The van der Waals surface area contributed by atoms with E-state index in [4.69, 9.17) is 4.74 Å². The average Bonchev–Trinajstić information content (AvgIpc) is 2.74. The molecule has 0 radical (unpaired) electrons. The van der Waals surface area contributed by atoms with Gasteiger partial charge in [-0.1, -0.05) is 0 Å². The summed E-state index contributed by atoms with van der Waals surface area (Å²) in [6.45, 7) is 0.299. The van der Waals surface area contributed by atoms with Crippen LogP contribution in [0.1, 0.15) is 21.5 Å². The molecule has 0 aliphatic carbocycles. The summed E-state index contributed by atoms with van der Waals surface area (Å²) in [6, 6.07) is 16.5. The Kier molecular flexibility index (Phi) is 6.04. The van der Waals surface area contributed by atoms with Crippen molar-refractivity contribution in [2.75, 3.05) is 0 Å². The zero-order valence-corrected chi connectivity index (χ0v) is 14.7. The standard InChI is InChI=1S/C20H16N4O4/c25-20(17-9-11-21-12-10-17)23-22-13-15-3-7-19(8-4-15)28-14-16-1-5-18(6-2-16)24(26)27/h1-13H,14H2,(H,23,25)/b22-13-. The second-order valence-corrected chi connectivity index (χ2v) is 5.72. The lowest BCUT2D eigenvalue weighted by molar-refractivity contribution is -0.384. The molecule has 8 heteroatoms. The Morgan fingerprint density at radius 1 is 1.07 bits per heavy atom. The minimum atomic E-state index is -0.440. The maximum Gasteiger partial charge on any atom is 0.271 e. The van der Waals surface area contributed by atoms with Gasteiger partial charge in [0.15, 0.2) is 0 Å². The number of pyridine rings is 1. The first-order chi connectivity index (χ1) is 13.6. The molecule has 0 aliphatic heterocycles. The van der Waals surface area contributed by atoms with Crippen LogP contribution in [0.3, 0.4) is 0 Å². The van der Waals surface area contributed by atoms with Gasteiger partial charge in [0.05, 0.1) is 11.1 Å². The fourth-order valence-corrected chi connectivity index (χ4v) is 2.26. The number of aromatic nitrogens is 1. The van der Waals surface area contributed by atoms with Crippen molar-refractivity contribution in [2.45, 2.75) is 6.61 Å². The van der Waals surface area contributed by atoms with Gasteiger partial charge in [-0.2, -0.15) is 5.10 Å². The fourth-order valence-electron chi connectivity index (χ4n) is 2.26. The van der Waals surface area contributed by atoms with Gasteiger partial charge in [0.2, 0.25) is 0 Å². The molecule has 1 heterocycles. The Hall–Kier alpha value is -4.07. The van der Waals surface area contributed by atoms with E-state index < -0.39 is 4.92 Å². The van der Waals surface area contributed by atoms with E-state index in [1.807, 2.05) is 0 Å². The number of nitro benzene ring substituents is 1. The molecule has 2 aromatic carbocycles. The number of nitrogens with one attached hydrogen (secondary N) is 1. The Morgan fingerprint density at radius 3 is 2.39 bits per heavy atom. The summed E-state index contributed by atoms with van der Waals surface area (Å²) in [7, 11) is 0. The summed E-state index contributed by atoms with van der Waals surface area (Å²) < 4.78 is 5.66. The van der Waals surface area contributed by atoms with Crippen LogP contribution in [0, 0.1) is 10.1 Å². The van der Waals surface area contributed by atoms with Crippen LogP contribution >= 0.6 is 0 Å². The monoisotopic (exact) mass is 376 g/mol. The molecule has 8 nitrogen and oxygen atoms in total. The number of ether oxygens (including phenoxy) is 1. The van der Waals surface area contributed by atoms with E-state index >= 15 is 0 Å². The molecule has 1 aromatic heterocycles. The summed E-state index contributed by atoms with van der Waals surface area (Å²) in [5, 5.41) is 14.6. The summed E-state index contributed by atoms with van der Waals surface area (Å²) in [5.74, 6) is 0.332. The number of hydrogen-bond donors (Lipinski definition) is 1. The van der Waals surface area contributed by atoms with Crippen LogP contribution in [0.2, 0.25) is 0 Å². The van der Waals surface area contributed by atoms with Crippen LogP contribution in [0.15, 0.2) is 78.2 Å². The molecule has 0 aliphatic rings. The minimum absolute atomic E-state index is 0.0448. The van der Waals surface area contributed by atoms with E-state index in [9.17, 15) is 14.9 Å². The molecule has 0 fully saturated rings. The van der Waals surface area contributed by atoms with Crippen molar-refractivity contribution < 1.29 is 14.5 Å². The number of carbonyl (C=O) groups excluding carboxylic acids is 1. The van der Waals surface area contributed by atoms with Crippen molar-refractivity contribution in [1.82, 2.24) is 10.4 Å². The normalized spacial score (nSPS) is 10.6. The molecule has 3 rings (SSSR count). The van der Waals surface area contributed by atoms with Crippen LogP contribution < -0.4 is 10.2 Å². The average molecular weight is 376 g/mol. The van der Waals surface area contributed by atoms with Crippen LogP contribution in [-0.2, 0) is 6.61 Å². The third-order valence-electron chi connectivity index (χ3n) is 3.75. The Labute approximate surface area is 160 Å². The predicted molar refractivity (Wildman–Crippen MR) is 103 cm³/mol. The lowest BCUT2D eigenvalue weighted by Crippen LogP contribution is -2.17. The number of hydrogen-bond acceptors (Lipinski definition) is 6. The van der Waals surface area contributed by atoms with Crippen molar-refractivity contribution in [3.63, 3.8) is 0 Å². The van der Waals surface area contributed by atoms with Crippen LogP contribution in [-0.4, -0.2) is 22.0 Å². The predicted octanol–water partition coefficient (Wildman–Crippen LogP) is 3.33. The van der Waals surface area contributed by atoms with Gasteiger partial charge in [-0.3, -0.25) is 19.9 Å². The van der Waals surface area contributed by atoms with Gasteiger partial charge in [-0.25, -0.2) is 5.43 Å². The molecular formula is C20H16N4O4. The lowest BCUT2D eigenvalue weighted by Gasteiger charge is -2.06. The van der Waals surface area contributed by atoms with Crippen molar-refractivity contribution >= 4 is 17.8 Å². The van der Waals surface area contributed by atoms with Crippen molar-refractivity contribution in [3.8, 4) is 5.75 Å². The second-order valence-electron chi connectivity index (χ2n) is 5.72. The Bertz CT molecular complexity index is 971. The number of rotatable bonds is 7. The third-order valence-corrected chi connectivity index (χ3v) is 3.75. The van der Waals surface area contributed by atoms with E-state index in [-0.39, 0.29) is 11.6 Å². The molecule has 0 saturated heterocycles. The number of nitro groups is 1. The summed E-state index contributed by atoms with van der Waals surface area (Å²) >= 11 is 0. The van der Waals surface area contributed by atoms with Crippen molar-refractivity contribution in [1.29, 1.82) is 0 Å². The molecule has 0 bridgehead atoms. The van der Waals surface area contributed by atoms with Gasteiger partial charge in [-0.05, 0) is 59.7 Å². The van der Waals surface area contributed by atoms with Gasteiger partial charge in [0.25, 0.3) is 11.6 Å². The number of amides is 1. The first-order valence-corrected chi connectivity index (χ1v) is 8.31. The van der Waals surface area contributed by atoms with E-state index in [0.29, 0.717) is 17.9 Å². The first-order valence-electron chi connectivity index (χ1n) is 8.31. The topological polar surface area (TPSA) is 107 Å². The third kappa shape index (κ3) is 5.21. The van der Waals surface area contributed by atoms with E-state index in [1.54, 1.807) is 48.5 Å². The number of hydrazone groups is 1. The number of nitrogens with zero attached hydrogens (tertiary/aromatic N) is 3. The van der Waals surface area contributed by atoms with Gasteiger partial charge < -0.3 is 4.74 Å². The zero-order chi connectivity index (χ0) is 19.8. The highest BCUT2D eigenvalue weighted by Crippen LogP contribution is 2.16. The minimum Gasteiger partial charge on any atom is -0.489 e. The maximum absolute atomic E-state index is 11.9. The van der Waals surface area contributed by atoms with Crippen LogP contribution in [0.4, 0.5) is 5.69 Å². The molecule has 1 amide bonds. The molecule has 0 atom stereocenters. The van der Waals surface area contributed by atoms with Crippen molar-refractivity contribution in [3.05, 3.63) is 99.9 Å². The highest BCUT2D eigenvalue weighted by Gasteiger charge is 2.04. The number of non-ortho nitro benzene ring substituents is 1. The summed E-state index contributed by atoms with van der Waals surface area (Å²) in [5.41, 5.74) is 4.58. The van der Waals surface area contributed by atoms with Gasteiger partial charge >= 0.3 is 0 Å². The lowest BCUT2D eigenvalue weighted by atomic mass is 10.2. The molecule has 28 heavy (non-hydrogen) atoms. The van der Waals surface area contributed by atoms with Crippen molar-refractivity contribution in [2.24, 2.45) is 5.10 Å². The van der Waals surface area contributed by atoms with Gasteiger partial charge in [0.1, 0.15) is 12.4 Å². The Balaban J connectivity index is 1.50. The highest BCUT2D eigenvalue weighted by molar-refractivity contribution is 5.94. The van der Waals surface area contributed by atoms with Gasteiger partial charge in [0, 0.05) is 30.1 Å². The SMILES string of the molecule is O=C(N/N=C\c1ccc(OCc2ccc([N+](=O)[O-])cc2)cc1)c1ccncc1. The van der Waals surface area contributed by atoms with E-state index in [0.717, 1.165) is 11.1 Å². The van der Waals surface area contributed by atoms with Gasteiger partial charge in [-0.15, -0.1) is 0 Å².